The number of carbonyl (C=O) groups is 1. The minimum atomic E-state index is -0.785. The van der Waals surface area contributed by atoms with Crippen LogP contribution in [0.15, 0.2) is 0 Å². The van der Waals surface area contributed by atoms with E-state index in [1.54, 1.807) is 0 Å². The summed E-state index contributed by atoms with van der Waals surface area (Å²) >= 11 is 0. The van der Waals surface area contributed by atoms with Gasteiger partial charge in [0.15, 0.2) is 0 Å². The van der Waals surface area contributed by atoms with Gasteiger partial charge in [0.25, 0.3) is 0 Å². The average Bonchev–Trinajstić information content (AvgIpc) is 2.83. The molecule has 0 saturated heterocycles. The molecule has 0 unspecified atom stereocenters. The van der Waals surface area contributed by atoms with Crippen LogP contribution in [0.3, 0.4) is 0 Å². The standard InChI is InChI=1S/C11H21NO2/c1-8(6-9-3-4-9)2-5-10(12)7-11(13)14/h8-10H,2-7,12H2,1H3,(H,13,14)/t8-,10-/m0/s1. The van der Waals surface area contributed by atoms with Crippen molar-refractivity contribution in [3.05, 3.63) is 0 Å². The van der Waals surface area contributed by atoms with Crippen LogP contribution in [0.4, 0.5) is 0 Å². The molecule has 0 bridgehead atoms. The fourth-order valence-corrected chi connectivity index (χ4v) is 1.87. The fourth-order valence-electron chi connectivity index (χ4n) is 1.87. The summed E-state index contributed by atoms with van der Waals surface area (Å²) in [6.07, 6.45) is 6.12. The lowest BCUT2D eigenvalue weighted by molar-refractivity contribution is -0.137. The molecule has 1 rings (SSSR count). The highest BCUT2D eigenvalue weighted by Gasteiger charge is 2.23. The molecule has 1 saturated carbocycles. The lowest BCUT2D eigenvalue weighted by Gasteiger charge is -2.13. The first-order chi connectivity index (χ1) is 6.58. The zero-order chi connectivity index (χ0) is 10.6. The lowest BCUT2D eigenvalue weighted by Crippen LogP contribution is -2.24. The van der Waals surface area contributed by atoms with Crippen molar-refractivity contribution < 1.29 is 9.90 Å². The predicted octanol–water partition coefficient (Wildman–Crippen LogP) is 2.00. The van der Waals surface area contributed by atoms with Gasteiger partial charge in [-0.3, -0.25) is 4.79 Å². The molecule has 14 heavy (non-hydrogen) atoms. The number of hydrogen-bond donors (Lipinski definition) is 2. The first-order valence-corrected chi connectivity index (χ1v) is 5.55. The maximum absolute atomic E-state index is 10.4. The van der Waals surface area contributed by atoms with Crippen LogP contribution < -0.4 is 5.73 Å². The van der Waals surface area contributed by atoms with E-state index in [1.165, 1.54) is 19.3 Å². The third-order valence-corrected chi connectivity index (χ3v) is 2.90. The Morgan fingerprint density at radius 3 is 2.64 bits per heavy atom. The van der Waals surface area contributed by atoms with Gasteiger partial charge in [-0.15, -0.1) is 0 Å². The molecule has 1 aliphatic carbocycles. The molecule has 0 aromatic carbocycles. The van der Waals surface area contributed by atoms with Gasteiger partial charge in [-0.25, -0.2) is 0 Å². The molecule has 0 heterocycles. The summed E-state index contributed by atoms with van der Waals surface area (Å²) in [5.74, 6) is 0.885. The monoisotopic (exact) mass is 199 g/mol. The molecule has 0 aromatic heterocycles. The van der Waals surface area contributed by atoms with Crippen molar-refractivity contribution in [1.82, 2.24) is 0 Å². The van der Waals surface area contributed by atoms with Gasteiger partial charge in [0.2, 0.25) is 0 Å². The van der Waals surface area contributed by atoms with E-state index in [0.29, 0.717) is 5.92 Å². The highest BCUT2D eigenvalue weighted by Crippen LogP contribution is 2.36. The second-order valence-corrected chi connectivity index (χ2v) is 4.72. The zero-order valence-corrected chi connectivity index (χ0v) is 8.91. The van der Waals surface area contributed by atoms with E-state index in [9.17, 15) is 4.79 Å². The van der Waals surface area contributed by atoms with Gasteiger partial charge in [0.05, 0.1) is 6.42 Å². The molecule has 0 radical (unpaired) electrons. The maximum Gasteiger partial charge on any atom is 0.304 e. The third kappa shape index (κ3) is 5.22. The van der Waals surface area contributed by atoms with Crippen LogP contribution >= 0.6 is 0 Å². The van der Waals surface area contributed by atoms with E-state index in [-0.39, 0.29) is 12.5 Å². The first kappa shape index (κ1) is 11.5. The van der Waals surface area contributed by atoms with E-state index < -0.39 is 5.97 Å². The van der Waals surface area contributed by atoms with Crippen molar-refractivity contribution in [2.45, 2.75) is 51.5 Å². The largest absolute Gasteiger partial charge is 0.481 e. The van der Waals surface area contributed by atoms with Crippen LogP contribution in [-0.4, -0.2) is 17.1 Å². The van der Waals surface area contributed by atoms with Gasteiger partial charge >= 0.3 is 5.97 Å². The van der Waals surface area contributed by atoms with E-state index in [4.69, 9.17) is 10.8 Å². The number of hydrogen-bond acceptors (Lipinski definition) is 2. The Labute approximate surface area is 85.7 Å². The molecule has 0 spiro atoms. The Balaban J connectivity index is 2.02. The smallest absolute Gasteiger partial charge is 0.304 e. The maximum atomic E-state index is 10.4. The summed E-state index contributed by atoms with van der Waals surface area (Å²) in [6.45, 7) is 2.24. The summed E-state index contributed by atoms with van der Waals surface area (Å²) in [5.41, 5.74) is 5.69. The minimum Gasteiger partial charge on any atom is -0.481 e. The molecule has 3 N–H and O–H groups in total. The highest BCUT2D eigenvalue weighted by atomic mass is 16.4. The molecule has 0 aromatic rings. The lowest BCUT2D eigenvalue weighted by atomic mass is 9.96. The van der Waals surface area contributed by atoms with Gasteiger partial charge < -0.3 is 10.8 Å². The van der Waals surface area contributed by atoms with E-state index in [0.717, 1.165) is 18.8 Å². The number of aliphatic carboxylic acids is 1. The predicted molar refractivity (Wildman–Crippen MR) is 56.0 cm³/mol. The normalized spacial score (nSPS) is 20.4. The van der Waals surface area contributed by atoms with Crippen LogP contribution in [0.5, 0.6) is 0 Å². The summed E-state index contributed by atoms with van der Waals surface area (Å²) in [5, 5.41) is 8.52. The van der Waals surface area contributed by atoms with E-state index in [2.05, 4.69) is 6.92 Å². The van der Waals surface area contributed by atoms with Crippen LogP contribution in [0, 0.1) is 11.8 Å². The molecular formula is C11H21NO2. The minimum absolute atomic E-state index is 0.107. The second kappa shape index (κ2) is 5.35. The molecular weight excluding hydrogens is 178 g/mol. The zero-order valence-electron chi connectivity index (χ0n) is 8.91. The fraction of sp³-hybridized carbons (Fsp3) is 0.909. The van der Waals surface area contributed by atoms with Crippen molar-refractivity contribution in [3.8, 4) is 0 Å². The second-order valence-electron chi connectivity index (χ2n) is 4.72. The van der Waals surface area contributed by atoms with Gasteiger partial charge in [-0.2, -0.15) is 0 Å². The van der Waals surface area contributed by atoms with E-state index in [1.807, 2.05) is 0 Å². The Morgan fingerprint density at radius 2 is 2.14 bits per heavy atom. The van der Waals surface area contributed by atoms with Gasteiger partial charge in [0.1, 0.15) is 0 Å². The first-order valence-electron chi connectivity index (χ1n) is 5.55. The Bertz CT molecular complexity index is 190. The van der Waals surface area contributed by atoms with Gasteiger partial charge in [-0.05, 0) is 31.1 Å². The number of carboxylic acid groups (broad SMARTS) is 1. The number of nitrogens with two attached hydrogens (primary N) is 1. The van der Waals surface area contributed by atoms with Crippen LogP contribution in [0.2, 0.25) is 0 Å². The van der Waals surface area contributed by atoms with Crippen molar-refractivity contribution in [2.24, 2.45) is 17.6 Å². The third-order valence-electron chi connectivity index (χ3n) is 2.90. The summed E-state index contributed by atoms with van der Waals surface area (Å²) in [6, 6.07) is -0.158. The number of carboxylic acids is 1. The van der Waals surface area contributed by atoms with Crippen molar-refractivity contribution in [1.29, 1.82) is 0 Å². The Hall–Kier alpha value is -0.570. The summed E-state index contributed by atoms with van der Waals surface area (Å²) < 4.78 is 0. The quantitative estimate of drug-likeness (QED) is 0.659. The Morgan fingerprint density at radius 1 is 1.50 bits per heavy atom. The van der Waals surface area contributed by atoms with Crippen molar-refractivity contribution in [3.63, 3.8) is 0 Å². The van der Waals surface area contributed by atoms with Crippen LogP contribution in [0.25, 0.3) is 0 Å². The molecule has 0 aliphatic heterocycles. The molecule has 0 amide bonds. The molecule has 1 aliphatic rings. The van der Waals surface area contributed by atoms with Crippen molar-refractivity contribution in [2.75, 3.05) is 0 Å². The highest BCUT2D eigenvalue weighted by molar-refractivity contribution is 5.67. The topological polar surface area (TPSA) is 63.3 Å². The molecule has 3 heteroatoms. The molecule has 2 atom stereocenters. The van der Waals surface area contributed by atoms with Crippen LogP contribution in [-0.2, 0) is 4.79 Å². The summed E-state index contributed by atoms with van der Waals surface area (Å²) in [7, 11) is 0. The van der Waals surface area contributed by atoms with Crippen molar-refractivity contribution >= 4 is 5.97 Å². The van der Waals surface area contributed by atoms with Crippen LogP contribution in [0.1, 0.15) is 45.4 Å². The Kier molecular flexibility index (Phi) is 4.39. The molecule has 82 valence electrons. The SMILES string of the molecule is C[C@@H](CC[C@H](N)CC(=O)O)CC1CC1. The molecule has 3 nitrogen and oxygen atoms in total. The summed E-state index contributed by atoms with van der Waals surface area (Å²) in [4.78, 5) is 10.4. The molecule has 1 fully saturated rings. The van der Waals surface area contributed by atoms with Gasteiger partial charge in [0, 0.05) is 6.04 Å². The van der Waals surface area contributed by atoms with E-state index >= 15 is 0 Å². The number of rotatable bonds is 7. The van der Waals surface area contributed by atoms with Gasteiger partial charge in [-0.1, -0.05) is 19.8 Å². The average molecular weight is 199 g/mol.